The van der Waals surface area contributed by atoms with Gasteiger partial charge < -0.3 is 14.5 Å². The Hall–Kier alpha value is -2.34. The Kier molecular flexibility index (Phi) is 5.16. The number of rotatable bonds is 5. The summed E-state index contributed by atoms with van der Waals surface area (Å²) < 4.78 is 12.8. The summed E-state index contributed by atoms with van der Waals surface area (Å²) in [4.78, 5) is 19.9. The predicted octanol–water partition coefficient (Wildman–Crippen LogP) is 5.07. The van der Waals surface area contributed by atoms with Crippen LogP contribution in [-0.4, -0.2) is 22.7 Å². The van der Waals surface area contributed by atoms with E-state index in [1.807, 2.05) is 37.3 Å². The topological polar surface area (TPSA) is 64.2 Å². The fraction of sp³-hybridized carbons (Fsp3) is 0.333. The molecule has 1 aliphatic carbocycles. The SMILES string of the molecule is CCOc1cc(-c2nc3ccccc3c(=O)[nH]2)cc(Br)c1OC1CCCC1. The summed E-state index contributed by atoms with van der Waals surface area (Å²) in [5.74, 6) is 1.88. The van der Waals surface area contributed by atoms with Gasteiger partial charge in [-0.25, -0.2) is 4.98 Å². The lowest BCUT2D eigenvalue weighted by atomic mass is 10.1. The highest BCUT2D eigenvalue weighted by Crippen LogP contribution is 2.41. The van der Waals surface area contributed by atoms with Gasteiger partial charge in [-0.1, -0.05) is 12.1 Å². The standard InChI is InChI=1S/C21H21BrN2O3/c1-2-26-18-12-13(11-16(22)19(18)27-14-7-3-4-8-14)20-23-17-10-6-5-9-15(17)21(25)24-20/h5-6,9-12,14H,2-4,7-8H2,1H3,(H,23,24,25). The quantitative estimate of drug-likeness (QED) is 0.615. The highest BCUT2D eigenvalue weighted by Gasteiger charge is 2.21. The predicted molar refractivity (Wildman–Crippen MR) is 110 cm³/mol. The minimum Gasteiger partial charge on any atom is -0.490 e. The third-order valence-corrected chi connectivity index (χ3v) is 5.37. The highest BCUT2D eigenvalue weighted by molar-refractivity contribution is 9.10. The Morgan fingerprint density at radius 3 is 2.78 bits per heavy atom. The largest absolute Gasteiger partial charge is 0.490 e. The van der Waals surface area contributed by atoms with E-state index in [2.05, 4.69) is 25.9 Å². The maximum absolute atomic E-state index is 12.4. The molecule has 1 fully saturated rings. The van der Waals surface area contributed by atoms with Gasteiger partial charge in [-0.15, -0.1) is 0 Å². The molecule has 0 unspecified atom stereocenters. The average molecular weight is 429 g/mol. The lowest BCUT2D eigenvalue weighted by Gasteiger charge is -2.19. The first-order valence-electron chi connectivity index (χ1n) is 9.28. The van der Waals surface area contributed by atoms with Crippen LogP contribution in [0.25, 0.3) is 22.3 Å². The van der Waals surface area contributed by atoms with Crippen LogP contribution in [0.1, 0.15) is 32.6 Å². The van der Waals surface area contributed by atoms with Crippen LogP contribution >= 0.6 is 15.9 Å². The summed E-state index contributed by atoms with van der Waals surface area (Å²) in [6, 6.07) is 11.1. The van der Waals surface area contributed by atoms with E-state index in [9.17, 15) is 4.79 Å². The second kappa shape index (κ2) is 7.72. The van der Waals surface area contributed by atoms with Crippen molar-refractivity contribution in [2.24, 2.45) is 0 Å². The summed E-state index contributed by atoms with van der Waals surface area (Å²) >= 11 is 3.62. The molecule has 1 saturated carbocycles. The molecule has 1 N–H and O–H groups in total. The summed E-state index contributed by atoms with van der Waals surface area (Å²) in [6.45, 7) is 2.47. The molecule has 0 radical (unpaired) electrons. The van der Waals surface area contributed by atoms with Crippen LogP contribution in [0, 0.1) is 0 Å². The van der Waals surface area contributed by atoms with Crippen molar-refractivity contribution in [3.63, 3.8) is 0 Å². The number of aromatic amines is 1. The average Bonchev–Trinajstić information content (AvgIpc) is 3.18. The molecule has 0 aliphatic heterocycles. The van der Waals surface area contributed by atoms with Crippen molar-refractivity contribution in [1.29, 1.82) is 0 Å². The van der Waals surface area contributed by atoms with Gasteiger partial charge in [-0.05, 0) is 72.8 Å². The first-order chi connectivity index (χ1) is 13.2. The van der Waals surface area contributed by atoms with Crippen molar-refractivity contribution in [3.05, 3.63) is 51.2 Å². The molecule has 5 nitrogen and oxygen atoms in total. The number of hydrogen-bond donors (Lipinski definition) is 1. The number of H-pyrrole nitrogens is 1. The van der Waals surface area contributed by atoms with Crippen molar-refractivity contribution in [2.45, 2.75) is 38.7 Å². The van der Waals surface area contributed by atoms with Gasteiger partial charge in [0.05, 0.1) is 28.1 Å². The Morgan fingerprint density at radius 1 is 1.22 bits per heavy atom. The van der Waals surface area contributed by atoms with Crippen molar-refractivity contribution in [1.82, 2.24) is 9.97 Å². The van der Waals surface area contributed by atoms with Gasteiger partial charge in [-0.3, -0.25) is 4.79 Å². The number of aromatic nitrogens is 2. The zero-order valence-electron chi connectivity index (χ0n) is 15.1. The van der Waals surface area contributed by atoms with E-state index in [1.165, 1.54) is 12.8 Å². The maximum Gasteiger partial charge on any atom is 0.259 e. The monoisotopic (exact) mass is 428 g/mol. The van der Waals surface area contributed by atoms with Crippen LogP contribution in [-0.2, 0) is 0 Å². The zero-order chi connectivity index (χ0) is 18.8. The van der Waals surface area contributed by atoms with E-state index in [4.69, 9.17) is 9.47 Å². The molecule has 1 heterocycles. The molecule has 0 amide bonds. The zero-order valence-corrected chi connectivity index (χ0v) is 16.7. The third kappa shape index (κ3) is 3.72. The number of fused-ring (bicyclic) bond motifs is 1. The van der Waals surface area contributed by atoms with E-state index in [1.54, 1.807) is 6.07 Å². The molecular formula is C21H21BrN2O3. The molecule has 140 valence electrons. The fourth-order valence-electron chi connectivity index (χ4n) is 3.48. The smallest absolute Gasteiger partial charge is 0.259 e. The van der Waals surface area contributed by atoms with Gasteiger partial charge in [0.2, 0.25) is 0 Å². The van der Waals surface area contributed by atoms with E-state index in [0.717, 1.165) is 28.6 Å². The van der Waals surface area contributed by atoms with Crippen LogP contribution in [0.3, 0.4) is 0 Å². The summed E-state index contributed by atoms with van der Waals surface area (Å²) in [6.07, 6.45) is 4.77. The van der Waals surface area contributed by atoms with Crippen molar-refractivity contribution >= 4 is 26.8 Å². The Morgan fingerprint density at radius 2 is 2.00 bits per heavy atom. The second-order valence-electron chi connectivity index (χ2n) is 6.67. The molecule has 2 aromatic carbocycles. The van der Waals surface area contributed by atoms with Crippen molar-refractivity contribution in [2.75, 3.05) is 6.61 Å². The first kappa shape index (κ1) is 18.0. The van der Waals surface area contributed by atoms with Crippen LogP contribution in [0.15, 0.2) is 45.7 Å². The fourth-order valence-corrected chi connectivity index (χ4v) is 4.01. The van der Waals surface area contributed by atoms with Gasteiger partial charge in [-0.2, -0.15) is 0 Å². The molecule has 0 saturated heterocycles. The molecule has 0 bridgehead atoms. The van der Waals surface area contributed by atoms with E-state index < -0.39 is 0 Å². The van der Waals surface area contributed by atoms with Gasteiger partial charge in [0.15, 0.2) is 11.5 Å². The second-order valence-corrected chi connectivity index (χ2v) is 7.53. The van der Waals surface area contributed by atoms with Gasteiger partial charge >= 0.3 is 0 Å². The van der Waals surface area contributed by atoms with E-state index in [-0.39, 0.29) is 11.7 Å². The lowest BCUT2D eigenvalue weighted by Crippen LogP contribution is -2.13. The Balaban J connectivity index is 1.78. The molecule has 6 heteroatoms. The normalized spacial score (nSPS) is 14.6. The molecule has 3 aromatic rings. The van der Waals surface area contributed by atoms with Crippen molar-refractivity contribution < 1.29 is 9.47 Å². The van der Waals surface area contributed by atoms with Crippen LogP contribution in [0.2, 0.25) is 0 Å². The van der Waals surface area contributed by atoms with E-state index >= 15 is 0 Å². The summed E-state index contributed by atoms with van der Waals surface area (Å²) in [5.41, 5.74) is 1.28. The maximum atomic E-state index is 12.4. The number of nitrogens with one attached hydrogen (secondary N) is 1. The number of benzene rings is 2. The minimum atomic E-state index is -0.157. The molecular weight excluding hydrogens is 408 g/mol. The molecule has 4 rings (SSSR count). The van der Waals surface area contributed by atoms with Gasteiger partial charge in [0, 0.05) is 5.56 Å². The third-order valence-electron chi connectivity index (χ3n) is 4.78. The minimum absolute atomic E-state index is 0.157. The highest BCUT2D eigenvalue weighted by atomic mass is 79.9. The molecule has 1 aliphatic rings. The molecule has 0 spiro atoms. The van der Waals surface area contributed by atoms with Crippen LogP contribution in [0.4, 0.5) is 0 Å². The number of halogens is 1. The number of ether oxygens (including phenoxy) is 2. The molecule has 27 heavy (non-hydrogen) atoms. The molecule has 1 aromatic heterocycles. The van der Waals surface area contributed by atoms with Gasteiger partial charge in [0.1, 0.15) is 5.82 Å². The molecule has 0 atom stereocenters. The summed E-state index contributed by atoms with van der Waals surface area (Å²) in [5, 5.41) is 0.575. The summed E-state index contributed by atoms with van der Waals surface area (Å²) in [7, 11) is 0. The van der Waals surface area contributed by atoms with E-state index in [0.29, 0.717) is 29.1 Å². The van der Waals surface area contributed by atoms with Crippen molar-refractivity contribution in [3.8, 4) is 22.9 Å². The number of hydrogen-bond acceptors (Lipinski definition) is 4. The van der Waals surface area contributed by atoms with Crippen LogP contribution < -0.4 is 15.0 Å². The Labute approximate surface area is 165 Å². The first-order valence-corrected chi connectivity index (χ1v) is 10.1. The Bertz CT molecular complexity index is 1030. The number of para-hydroxylation sites is 1. The van der Waals surface area contributed by atoms with Crippen LogP contribution in [0.5, 0.6) is 11.5 Å². The lowest BCUT2D eigenvalue weighted by molar-refractivity contribution is 0.195. The van der Waals surface area contributed by atoms with Gasteiger partial charge in [0.25, 0.3) is 5.56 Å². The number of nitrogens with zero attached hydrogens (tertiary/aromatic N) is 1.